The molecule has 0 spiro atoms. The topological polar surface area (TPSA) is 12.0 Å². The number of hydrogen-bond donors (Lipinski definition) is 1. The molecule has 1 aromatic heterocycles. The standard InChI is InChI=1S/C16H19ClFNS/c1-3-9-19-14(4-2)16-8-7-15(20-16)12-10-11(18)5-6-13(12)17/h5-8,10,14,19H,3-4,9H2,1-2H3. The highest BCUT2D eigenvalue weighted by Crippen LogP contribution is 2.36. The zero-order valence-corrected chi connectivity index (χ0v) is 13.3. The van der Waals surface area contributed by atoms with Crippen molar-refractivity contribution in [1.29, 1.82) is 0 Å². The smallest absolute Gasteiger partial charge is 0.123 e. The molecule has 0 saturated carbocycles. The van der Waals surface area contributed by atoms with Gasteiger partial charge in [0.2, 0.25) is 0 Å². The molecule has 1 aromatic carbocycles. The summed E-state index contributed by atoms with van der Waals surface area (Å²) >= 11 is 7.84. The van der Waals surface area contributed by atoms with Gasteiger partial charge in [0.1, 0.15) is 5.82 Å². The van der Waals surface area contributed by atoms with Crippen LogP contribution >= 0.6 is 22.9 Å². The van der Waals surface area contributed by atoms with Crippen LogP contribution in [0.1, 0.15) is 37.6 Å². The van der Waals surface area contributed by atoms with Gasteiger partial charge in [0, 0.05) is 26.4 Å². The lowest BCUT2D eigenvalue weighted by Crippen LogP contribution is -2.20. The molecule has 2 aromatic rings. The summed E-state index contributed by atoms with van der Waals surface area (Å²) in [5.74, 6) is -0.254. The van der Waals surface area contributed by atoms with E-state index in [-0.39, 0.29) is 5.82 Å². The summed E-state index contributed by atoms with van der Waals surface area (Å²) in [5, 5.41) is 4.12. The van der Waals surface area contributed by atoms with E-state index in [0.717, 1.165) is 29.8 Å². The van der Waals surface area contributed by atoms with Crippen molar-refractivity contribution >= 4 is 22.9 Å². The number of nitrogens with one attached hydrogen (secondary N) is 1. The third-order valence-corrected chi connectivity index (χ3v) is 4.77. The van der Waals surface area contributed by atoms with E-state index in [1.807, 2.05) is 6.07 Å². The van der Waals surface area contributed by atoms with Crippen LogP contribution in [0.25, 0.3) is 10.4 Å². The number of thiophene rings is 1. The maximum Gasteiger partial charge on any atom is 0.123 e. The summed E-state index contributed by atoms with van der Waals surface area (Å²) in [6.07, 6.45) is 2.15. The first kappa shape index (κ1) is 15.5. The molecule has 1 nitrogen and oxygen atoms in total. The molecule has 0 aliphatic rings. The second-order valence-electron chi connectivity index (χ2n) is 4.74. The maximum absolute atomic E-state index is 13.4. The van der Waals surface area contributed by atoms with Gasteiger partial charge in [-0.3, -0.25) is 0 Å². The molecular weight excluding hydrogens is 293 g/mol. The minimum atomic E-state index is -0.254. The second kappa shape index (κ2) is 7.21. The molecule has 2 rings (SSSR count). The van der Waals surface area contributed by atoms with Gasteiger partial charge < -0.3 is 5.32 Å². The minimum Gasteiger partial charge on any atom is -0.309 e. The molecule has 0 fully saturated rings. The van der Waals surface area contributed by atoms with Crippen molar-refractivity contribution in [3.05, 3.63) is 46.0 Å². The van der Waals surface area contributed by atoms with Crippen LogP contribution in [0.5, 0.6) is 0 Å². The van der Waals surface area contributed by atoms with E-state index in [2.05, 4.69) is 25.2 Å². The van der Waals surface area contributed by atoms with Crippen LogP contribution in [0.15, 0.2) is 30.3 Å². The zero-order valence-electron chi connectivity index (χ0n) is 11.7. The van der Waals surface area contributed by atoms with Gasteiger partial charge in [0.15, 0.2) is 0 Å². The molecule has 4 heteroatoms. The van der Waals surface area contributed by atoms with Crippen molar-refractivity contribution in [1.82, 2.24) is 5.32 Å². The zero-order chi connectivity index (χ0) is 14.5. The number of hydrogen-bond acceptors (Lipinski definition) is 2. The van der Waals surface area contributed by atoms with Crippen LogP contribution in [-0.2, 0) is 0 Å². The van der Waals surface area contributed by atoms with Crippen molar-refractivity contribution in [3.63, 3.8) is 0 Å². The van der Waals surface area contributed by atoms with Crippen molar-refractivity contribution in [2.24, 2.45) is 0 Å². The van der Waals surface area contributed by atoms with Crippen LogP contribution in [0.4, 0.5) is 4.39 Å². The minimum absolute atomic E-state index is 0.254. The molecule has 0 aliphatic carbocycles. The molecular formula is C16H19ClFNS. The fourth-order valence-electron chi connectivity index (χ4n) is 2.14. The van der Waals surface area contributed by atoms with Gasteiger partial charge in [-0.2, -0.15) is 0 Å². The Morgan fingerprint density at radius 1 is 1.25 bits per heavy atom. The average Bonchev–Trinajstić information content (AvgIpc) is 2.92. The van der Waals surface area contributed by atoms with E-state index in [0.29, 0.717) is 11.1 Å². The van der Waals surface area contributed by atoms with Crippen LogP contribution in [0, 0.1) is 5.82 Å². The number of rotatable bonds is 6. The van der Waals surface area contributed by atoms with Crippen molar-refractivity contribution in [3.8, 4) is 10.4 Å². The monoisotopic (exact) mass is 311 g/mol. The number of benzene rings is 1. The molecule has 1 N–H and O–H groups in total. The predicted octanol–water partition coefficient (Wildman–Crippen LogP) is 5.66. The number of halogens is 2. The molecule has 0 bridgehead atoms. The Bertz CT molecular complexity index is 567. The van der Waals surface area contributed by atoms with Gasteiger partial charge in [0.25, 0.3) is 0 Å². The van der Waals surface area contributed by atoms with E-state index < -0.39 is 0 Å². The molecule has 1 unspecified atom stereocenters. The molecule has 1 heterocycles. The molecule has 0 aliphatic heterocycles. The Labute approximate surface area is 128 Å². The summed E-state index contributed by atoms with van der Waals surface area (Å²) in [4.78, 5) is 2.29. The average molecular weight is 312 g/mol. The van der Waals surface area contributed by atoms with E-state index in [9.17, 15) is 4.39 Å². The van der Waals surface area contributed by atoms with E-state index in [1.54, 1.807) is 17.4 Å². The predicted molar refractivity (Wildman–Crippen MR) is 86.0 cm³/mol. The first-order chi connectivity index (χ1) is 9.65. The Balaban J connectivity index is 2.25. The lowest BCUT2D eigenvalue weighted by molar-refractivity contribution is 0.525. The molecule has 0 saturated heterocycles. The van der Waals surface area contributed by atoms with E-state index in [4.69, 9.17) is 11.6 Å². The van der Waals surface area contributed by atoms with Crippen molar-refractivity contribution in [2.45, 2.75) is 32.7 Å². The Hall–Kier alpha value is -0.900. The summed E-state index contributed by atoms with van der Waals surface area (Å²) in [5.41, 5.74) is 0.772. The fourth-order valence-corrected chi connectivity index (χ4v) is 3.61. The summed E-state index contributed by atoms with van der Waals surface area (Å²) in [6, 6.07) is 8.99. The highest BCUT2D eigenvalue weighted by atomic mass is 35.5. The van der Waals surface area contributed by atoms with Gasteiger partial charge in [-0.1, -0.05) is 25.4 Å². The first-order valence-corrected chi connectivity index (χ1v) is 8.13. The molecule has 20 heavy (non-hydrogen) atoms. The fraction of sp³-hybridized carbons (Fsp3) is 0.375. The highest BCUT2D eigenvalue weighted by Gasteiger charge is 2.13. The molecule has 1 atom stereocenters. The first-order valence-electron chi connectivity index (χ1n) is 6.94. The van der Waals surface area contributed by atoms with Gasteiger partial charge in [-0.15, -0.1) is 11.3 Å². The second-order valence-corrected chi connectivity index (χ2v) is 6.26. The summed E-state index contributed by atoms with van der Waals surface area (Å²) < 4.78 is 13.4. The van der Waals surface area contributed by atoms with Gasteiger partial charge in [-0.25, -0.2) is 4.39 Å². The van der Waals surface area contributed by atoms with Crippen molar-refractivity contribution < 1.29 is 4.39 Å². The third-order valence-electron chi connectivity index (χ3n) is 3.21. The van der Waals surface area contributed by atoms with Gasteiger partial charge in [-0.05, 0) is 49.7 Å². The summed E-state index contributed by atoms with van der Waals surface area (Å²) in [7, 11) is 0. The molecule has 0 amide bonds. The normalized spacial score (nSPS) is 12.6. The van der Waals surface area contributed by atoms with Crippen LogP contribution in [0.2, 0.25) is 5.02 Å². The Morgan fingerprint density at radius 3 is 2.75 bits per heavy atom. The van der Waals surface area contributed by atoms with Gasteiger partial charge >= 0.3 is 0 Å². The highest BCUT2D eigenvalue weighted by molar-refractivity contribution is 7.15. The van der Waals surface area contributed by atoms with E-state index >= 15 is 0 Å². The summed E-state index contributed by atoms with van der Waals surface area (Å²) in [6.45, 7) is 5.33. The lowest BCUT2D eigenvalue weighted by atomic mass is 10.1. The quantitative estimate of drug-likeness (QED) is 0.726. The largest absolute Gasteiger partial charge is 0.309 e. The van der Waals surface area contributed by atoms with Gasteiger partial charge in [0.05, 0.1) is 0 Å². The Morgan fingerprint density at radius 2 is 2.05 bits per heavy atom. The van der Waals surface area contributed by atoms with Crippen LogP contribution in [-0.4, -0.2) is 6.54 Å². The van der Waals surface area contributed by atoms with E-state index in [1.165, 1.54) is 17.0 Å². The third kappa shape index (κ3) is 3.60. The maximum atomic E-state index is 13.4. The Kier molecular flexibility index (Phi) is 5.58. The lowest BCUT2D eigenvalue weighted by Gasteiger charge is -2.14. The van der Waals surface area contributed by atoms with Crippen LogP contribution in [0.3, 0.4) is 0 Å². The van der Waals surface area contributed by atoms with Crippen molar-refractivity contribution in [2.75, 3.05) is 6.54 Å². The van der Waals surface area contributed by atoms with Crippen LogP contribution < -0.4 is 5.32 Å². The SMILES string of the molecule is CCCNC(CC)c1ccc(-c2cc(F)ccc2Cl)s1. The molecule has 0 radical (unpaired) electrons. The molecule has 108 valence electrons.